The van der Waals surface area contributed by atoms with Crippen molar-refractivity contribution in [2.45, 2.75) is 50.2 Å². The van der Waals surface area contributed by atoms with Gasteiger partial charge in [-0.2, -0.15) is 0 Å². The van der Waals surface area contributed by atoms with E-state index in [4.69, 9.17) is 15.2 Å². The third kappa shape index (κ3) is 1.77. The van der Waals surface area contributed by atoms with Crippen molar-refractivity contribution in [2.24, 2.45) is 5.73 Å². The van der Waals surface area contributed by atoms with Gasteiger partial charge in [-0.05, 0) is 50.8 Å². The van der Waals surface area contributed by atoms with Crippen LogP contribution in [0, 0.1) is 0 Å². The Labute approximate surface area is 108 Å². The first-order valence-corrected chi connectivity index (χ1v) is 6.71. The van der Waals surface area contributed by atoms with Gasteiger partial charge in [0.25, 0.3) is 0 Å². The van der Waals surface area contributed by atoms with Gasteiger partial charge in [-0.25, -0.2) is 0 Å². The molecular formula is C15H21NO2. The van der Waals surface area contributed by atoms with E-state index in [1.807, 2.05) is 18.2 Å². The highest BCUT2D eigenvalue weighted by Gasteiger charge is 2.46. The van der Waals surface area contributed by atoms with Gasteiger partial charge in [0.15, 0.2) is 0 Å². The summed E-state index contributed by atoms with van der Waals surface area (Å²) in [7, 11) is 1.68. The first-order valence-electron chi connectivity index (χ1n) is 6.71. The highest BCUT2D eigenvalue weighted by Crippen LogP contribution is 2.49. The number of benzene rings is 1. The average molecular weight is 247 g/mol. The third-order valence-corrected chi connectivity index (χ3v) is 4.33. The second-order valence-electron chi connectivity index (χ2n) is 5.95. The molecule has 3 nitrogen and oxygen atoms in total. The molecule has 1 aromatic rings. The van der Waals surface area contributed by atoms with Crippen LogP contribution in [0.4, 0.5) is 0 Å². The summed E-state index contributed by atoms with van der Waals surface area (Å²) in [4.78, 5) is 0. The molecule has 2 N–H and O–H groups in total. The predicted molar refractivity (Wildman–Crippen MR) is 71.0 cm³/mol. The van der Waals surface area contributed by atoms with E-state index in [1.54, 1.807) is 7.11 Å². The van der Waals surface area contributed by atoms with Gasteiger partial charge < -0.3 is 15.2 Å². The summed E-state index contributed by atoms with van der Waals surface area (Å²) in [5.41, 5.74) is 7.25. The van der Waals surface area contributed by atoms with Crippen LogP contribution >= 0.6 is 0 Å². The molecule has 0 radical (unpaired) electrons. The summed E-state index contributed by atoms with van der Waals surface area (Å²) in [5, 5.41) is 0. The molecule has 0 aromatic heterocycles. The van der Waals surface area contributed by atoms with Crippen LogP contribution in [-0.2, 0) is 5.54 Å². The molecule has 0 amide bonds. The Morgan fingerprint density at radius 1 is 1.28 bits per heavy atom. The van der Waals surface area contributed by atoms with E-state index in [9.17, 15) is 0 Å². The van der Waals surface area contributed by atoms with E-state index >= 15 is 0 Å². The van der Waals surface area contributed by atoms with Crippen LogP contribution in [0.5, 0.6) is 11.5 Å². The number of ether oxygens (including phenoxy) is 2. The highest BCUT2D eigenvalue weighted by molar-refractivity contribution is 5.46. The first-order chi connectivity index (χ1) is 8.55. The van der Waals surface area contributed by atoms with Gasteiger partial charge in [-0.1, -0.05) is 0 Å². The predicted octanol–water partition coefficient (Wildman–Crippen LogP) is 2.96. The third-order valence-electron chi connectivity index (χ3n) is 4.33. The van der Waals surface area contributed by atoms with Gasteiger partial charge in [-0.15, -0.1) is 0 Å². The minimum absolute atomic E-state index is 0.0227. The van der Waals surface area contributed by atoms with E-state index in [1.165, 1.54) is 12.8 Å². The van der Waals surface area contributed by atoms with Crippen LogP contribution in [0.1, 0.15) is 44.6 Å². The van der Waals surface area contributed by atoms with Crippen molar-refractivity contribution in [2.75, 3.05) is 7.11 Å². The maximum Gasteiger partial charge on any atom is 0.125 e. The maximum absolute atomic E-state index is 6.53. The van der Waals surface area contributed by atoms with Crippen molar-refractivity contribution in [1.82, 2.24) is 0 Å². The van der Waals surface area contributed by atoms with Gasteiger partial charge in [0, 0.05) is 17.5 Å². The number of rotatable bonds is 1. The second kappa shape index (κ2) is 3.89. The molecular weight excluding hydrogens is 226 g/mol. The Balaban J connectivity index is 2.04. The van der Waals surface area contributed by atoms with Crippen LogP contribution in [0.25, 0.3) is 0 Å². The van der Waals surface area contributed by atoms with Gasteiger partial charge in [0.1, 0.15) is 17.1 Å². The molecule has 1 atom stereocenters. The van der Waals surface area contributed by atoms with Gasteiger partial charge in [0.2, 0.25) is 0 Å². The lowest BCUT2D eigenvalue weighted by molar-refractivity contribution is 0.0223. The summed E-state index contributed by atoms with van der Waals surface area (Å²) in [6, 6.07) is 5.96. The maximum atomic E-state index is 6.53. The molecule has 98 valence electrons. The zero-order chi connectivity index (χ0) is 12.8. The second-order valence-corrected chi connectivity index (χ2v) is 5.95. The molecule has 1 spiro atoms. The van der Waals surface area contributed by atoms with Crippen molar-refractivity contribution in [3.05, 3.63) is 23.8 Å². The van der Waals surface area contributed by atoms with E-state index in [2.05, 4.69) is 6.92 Å². The lowest BCUT2D eigenvalue weighted by Gasteiger charge is -2.44. The van der Waals surface area contributed by atoms with Crippen LogP contribution < -0.4 is 15.2 Å². The summed E-state index contributed by atoms with van der Waals surface area (Å²) in [6.45, 7) is 2.11. The topological polar surface area (TPSA) is 44.5 Å². The SMILES string of the molecule is COc1ccc2c(c1)C(C)(N)CC1(CCCC1)O2. The van der Waals surface area contributed by atoms with Crippen LogP contribution in [0.15, 0.2) is 18.2 Å². The van der Waals surface area contributed by atoms with Crippen molar-refractivity contribution < 1.29 is 9.47 Å². The van der Waals surface area contributed by atoms with Crippen molar-refractivity contribution in [1.29, 1.82) is 0 Å². The Hall–Kier alpha value is -1.22. The standard InChI is InChI=1S/C15H21NO2/c1-14(16)10-15(7-3-4-8-15)18-13-6-5-11(17-2)9-12(13)14/h5-6,9H,3-4,7-8,10,16H2,1-2H3. The number of fused-ring (bicyclic) bond motifs is 1. The molecule has 0 bridgehead atoms. The zero-order valence-electron chi connectivity index (χ0n) is 11.2. The molecule has 3 rings (SSSR count). The van der Waals surface area contributed by atoms with Gasteiger partial charge in [0.05, 0.1) is 7.11 Å². The number of methoxy groups -OCH3 is 1. The molecule has 1 unspecified atom stereocenters. The van der Waals surface area contributed by atoms with E-state index < -0.39 is 0 Å². The quantitative estimate of drug-likeness (QED) is 0.829. The number of hydrogen-bond donors (Lipinski definition) is 1. The lowest BCUT2D eigenvalue weighted by atomic mass is 9.77. The lowest BCUT2D eigenvalue weighted by Crippen LogP contribution is -2.49. The molecule has 1 aliphatic heterocycles. The molecule has 1 aliphatic carbocycles. The van der Waals surface area contributed by atoms with E-state index in [-0.39, 0.29) is 11.1 Å². The molecule has 1 saturated carbocycles. The Bertz CT molecular complexity index is 462. The number of nitrogens with two attached hydrogens (primary N) is 1. The molecule has 3 heteroatoms. The summed E-state index contributed by atoms with van der Waals surface area (Å²) in [5.74, 6) is 1.78. The average Bonchev–Trinajstić information content (AvgIpc) is 2.75. The van der Waals surface area contributed by atoms with Crippen molar-refractivity contribution in [3.8, 4) is 11.5 Å². The molecule has 0 saturated heterocycles. The van der Waals surface area contributed by atoms with E-state index in [0.717, 1.165) is 36.3 Å². The fraction of sp³-hybridized carbons (Fsp3) is 0.600. The van der Waals surface area contributed by atoms with Crippen molar-refractivity contribution >= 4 is 0 Å². The highest BCUT2D eigenvalue weighted by atomic mass is 16.5. The molecule has 18 heavy (non-hydrogen) atoms. The van der Waals surface area contributed by atoms with Crippen LogP contribution in [0.2, 0.25) is 0 Å². The minimum Gasteiger partial charge on any atom is -0.497 e. The molecule has 1 heterocycles. The fourth-order valence-corrected chi connectivity index (χ4v) is 3.50. The summed E-state index contributed by atoms with van der Waals surface area (Å²) in [6.07, 6.45) is 5.67. The van der Waals surface area contributed by atoms with Gasteiger partial charge in [-0.3, -0.25) is 0 Å². The minimum atomic E-state index is -0.327. The zero-order valence-corrected chi connectivity index (χ0v) is 11.2. The summed E-state index contributed by atoms with van der Waals surface area (Å²) < 4.78 is 11.6. The Morgan fingerprint density at radius 3 is 2.67 bits per heavy atom. The van der Waals surface area contributed by atoms with Crippen LogP contribution in [0.3, 0.4) is 0 Å². The van der Waals surface area contributed by atoms with E-state index in [0.29, 0.717) is 0 Å². The van der Waals surface area contributed by atoms with Crippen molar-refractivity contribution in [3.63, 3.8) is 0 Å². The normalized spacial score (nSPS) is 28.8. The Morgan fingerprint density at radius 2 is 2.00 bits per heavy atom. The molecule has 1 aromatic carbocycles. The smallest absolute Gasteiger partial charge is 0.125 e. The number of hydrogen-bond acceptors (Lipinski definition) is 3. The summed E-state index contributed by atoms with van der Waals surface area (Å²) >= 11 is 0. The van der Waals surface area contributed by atoms with Crippen LogP contribution in [-0.4, -0.2) is 12.7 Å². The first kappa shape index (κ1) is 11.8. The molecule has 2 aliphatic rings. The Kier molecular flexibility index (Phi) is 2.56. The monoisotopic (exact) mass is 247 g/mol. The largest absolute Gasteiger partial charge is 0.497 e. The van der Waals surface area contributed by atoms with Gasteiger partial charge >= 0.3 is 0 Å². The molecule has 1 fully saturated rings. The fourth-order valence-electron chi connectivity index (χ4n) is 3.50.